The lowest BCUT2D eigenvalue weighted by Gasteiger charge is -2.23. The molecular formula is C20H24ClN3O4. The van der Waals surface area contributed by atoms with Gasteiger partial charge in [0.1, 0.15) is 11.1 Å². The van der Waals surface area contributed by atoms with Crippen LogP contribution in [-0.4, -0.2) is 41.3 Å². The van der Waals surface area contributed by atoms with Gasteiger partial charge in [0, 0.05) is 37.8 Å². The second kappa shape index (κ2) is 9.71. The highest BCUT2D eigenvalue weighted by atomic mass is 35.5. The minimum Gasteiger partial charge on any atom is -0.475 e. The van der Waals surface area contributed by atoms with Crippen molar-refractivity contribution in [3.05, 3.63) is 46.7 Å². The van der Waals surface area contributed by atoms with Crippen LogP contribution in [0.5, 0.6) is 11.8 Å². The molecular weight excluding hydrogens is 382 g/mol. The Morgan fingerprint density at radius 1 is 1.32 bits per heavy atom. The number of ether oxygens (including phenoxy) is 3. The molecule has 150 valence electrons. The summed E-state index contributed by atoms with van der Waals surface area (Å²) < 4.78 is 16.7. The molecule has 7 nitrogen and oxygen atoms in total. The van der Waals surface area contributed by atoms with Gasteiger partial charge in [-0.1, -0.05) is 11.6 Å². The molecule has 3 rings (SSSR count). The summed E-state index contributed by atoms with van der Waals surface area (Å²) >= 11 is 6.26. The number of pyridine rings is 2. The molecule has 2 aromatic heterocycles. The van der Waals surface area contributed by atoms with Crippen LogP contribution in [0.25, 0.3) is 0 Å². The van der Waals surface area contributed by atoms with E-state index in [1.807, 2.05) is 19.9 Å². The molecule has 1 saturated heterocycles. The molecule has 1 amide bonds. The number of carbonyl (C=O) groups is 1. The van der Waals surface area contributed by atoms with Crippen LogP contribution in [-0.2, 0) is 11.3 Å². The van der Waals surface area contributed by atoms with Gasteiger partial charge >= 0.3 is 0 Å². The van der Waals surface area contributed by atoms with E-state index in [1.165, 1.54) is 6.20 Å². The Balaban J connectivity index is 1.57. The Bertz CT molecular complexity index is 810. The van der Waals surface area contributed by atoms with Crippen LogP contribution in [0.2, 0.25) is 5.02 Å². The van der Waals surface area contributed by atoms with Crippen LogP contribution in [0.1, 0.15) is 42.6 Å². The molecule has 0 unspecified atom stereocenters. The molecule has 0 bridgehead atoms. The number of halogens is 1. The summed E-state index contributed by atoms with van der Waals surface area (Å²) in [6.45, 7) is 5.54. The molecule has 0 radical (unpaired) electrons. The first kappa shape index (κ1) is 20.4. The SMILES string of the molecule is CC(C)Oc1cc(CNC(=O)c2cnc(OC3CCOCC3)c(Cl)c2)ccn1. The first-order valence-electron chi connectivity index (χ1n) is 9.31. The molecule has 1 aliphatic rings. The van der Waals surface area contributed by atoms with Gasteiger partial charge in [0.15, 0.2) is 0 Å². The second-order valence-corrected chi connectivity index (χ2v) is 7.20. The maximum atomic E-state index is 12.4. The molecule has 1 fully saturated rings. The molecule has 0 atom stereocenters. The molecule has 1 aliphatic heterocycles. The van der Waals surface area contributed by atoms with Gasteiger partial charge in [-0.05, 0) is 31.5 Å². The predicted octanol–water partition coefficient (Wildman–Crippen LogP) is 3.41. The Morgan fingerprint density at radius 3 is 2.82 bits per heavy atom. The molecule has 0 spiro atoms. The smallest absolute Gasteiger partial charge is 0.253 e. The number of hydrogen-bond donors (Lipinski definition) is 1. The summed E-state index contributed by atoms with van der Waals surface area (Å²) in [6, 6.07) is 5.19. The quantitative estimate of drug-likeness (QED) is 0.760. The van der Waals surface area contributed by atoms with Gasteiger partial charge in [0.2, 0.25) is 11.8 Å². The summed E-state index contributed by atoms with van der Waals surface area (Å²) in [5.74, 6) is 0.603. The zero-order valence-corrected chi connectivity index (χ0v) is 16.7. The van der Waals surface area contributed by atoms with Crippen molar-refractivity contribution in [2.24, 2.45) is 0 Å². The van der Waals surface area contributed by atoms with Crippen molar-refractivity contribution in [3.63, 3.8) is 0 Å². The van der Waals surface area contributed by atoms with Crippen molar-refractivity contribution in [3.8, 4) is 11.8 Å². The lowest BCUT2D eigenvalue weighted by Crippen LogP contribution is -2.26. The molecule has 0 aromatic carbocycles. The lowest BCUT2D eigenvalue weighted by atomic mass is 10.1. The molecule has 3 heterocycles. The number of nitrogens with one attached hydrogen (secondary N) is 1. The van der Waals surface area contributed by atoms with Crippen molar-refractivity contribution in [1.29, 1.82) is 0 Å². The fourth-order valence-electron chi connectivity index (χ4n) is 2.74. The van der Waals surface area contributed by atoms with Gasteiger partial charge in [-0.15, -0.1) is 0 Å². The van der Waals surface area contributed by atoms with Gasteiger partial charge < -0.3 is 19.5 Å². The summed E-state index contributed by atoms with van der Waals surface area (Å²) in [7, 11) is 0. The third kappa shape index (κ3) is 5.81. The zero-order chi connectivity index (χ0) is 19.9. The van der Waals surface area contributed by atoms with E-state index in [0.29, 0.717) is 42.1 Å². The van der Waals surface area contributed by atoms with Gasteiger partial charge in [-0.2, -0.15) is 0 Å². The fourth-order valence-corrected chi connectivity index (χ4v) is 2.95. The fraction of sp³-hybridized carbons (Fsp3) is 0.450. The van der Waals surface area contributed by atoms with Gasteiger partial charge in [0.25, 0.3) is 5.91 Å². The zero-order valence-electron chi connectivity index (χ0n) is 16.0. The second-order valence-electron chi connectivity index (χ2n) is 6.79. The standard InChI is InChI=1S/C20H24ClN3O4/c1-13(2)27-18-9-14(3-6-22-18)11-23-19(25)15-10-17(21)20(24-12-15)28-16-4-7-26-8-5-16/h3,6,9-10,12-13,16H,4-5,7-8,11H2,1-2H3,(H,23,25). The third-order valence-electron chi connectivity index (χ3n) is 4.13. The predicted molar refractivity (Wildman–Crippen MR) is 105 cm³/mol. The maximum absolute atomic E-state index is 12.4. The summed E-state index contributed by atoms with van der Waals surface area (Å²) in [6.07, 6.45) is 4.79. The molecule has 8 heteroatoms. The highest BCUT2D eigenvalue weighted by molar-refractivity contribution is 6.32. The molecule has 0 aliphatic carbocycles. The number of hydrogen-bond acceptors (Lipinski definition) is 6. The van der Waals surface area contributed by atoms with Crippen LogP contribution in [0, 0.1) is 0 Å². The van der Waals surface area contributed by atoms with E-state index in [2.05, 4.69) is 15.3 Å². The van der Waals surface area contributed by atoms with E-state index in [0.717, 1.165) is 18.4 Å². The van der Waals surface area contributed by atoms with Crippen molar-refractivity contribution in [1.82, 2.24) is 15.3 Å². The van der Waals surface area contributed by atoms with Crippen LogP contribution in [0.3, 0.4) is 0 Å². The number of nitrogens with zero attached hydrogens (tertiary/aromatic N) is 2. The summed E-state index contributed by atoms with van der Waals surface area (Å²) in [5, 5.41) is 3.16. The molecule has 1 N–H and O–H groups in total. The molecule has 28 heavy (non-hydrogen) atoms. The van der Waals surface area contributed by atoms with Crippen molar-refractivity contribution in [2.45, 2.75) is 45.4 Å². The Hall–Kier alpha value is -2.38. The number of rotatable bonds is 7. The monoisotopic (exact) mass is 405 g/mol. The number of aromatic nitrogens is 2. The summed E-state index contributed by atoms with van der Waals surface area (Å²) in [5.41, 5.74) is 1.26. The van der Waals surface area contributed by atoms with Crippen molar-refractivity contribution >= 4 is 17.5 Å². The largest absolute Gasteiger partial charge is 0.475 e. The average molecular weight is 406 g/mol. The topological polar surface area (TPSA) is 82.6 Å². The summed E-state index contributed by atoms with van der Waals surface area (Å²) in [4.78, 5) is 20.8. The first-order chi connectivity index (χ1) is 13.5. The highest BCUT2D eigenvalue weighted by Crippen LogP contribution is 2.25. The third-order valence-corrected chi connectivity index (χ3v) is 4.40. The van der Waals surface area contributed by atoms with E-state index in [9.17, 15) is 4.79 Å². The normalized spacial score (nSPS) is 14.7. The Morgan fingerprint density at radius 2 is 2.11 bits per heavy atom. The van der Waals surface area contributed by atoms with Gasteiger partial charge in [0.05, 0.1) is 24.9 Å². The number of amides is 1. The maximum Gasteiger partial charge on any atom is 0.253 e. The van der Waals surface area contributed by atoms with Crippen LogP contribution >= 0.6 is 11.6 Å². The lowest BCUT2D eigenvalue weighted by molar-refractivity contribution is 0.0238. The highest BCUT2D eigenvalue weighted by Gasteiger charge is 2.18. The van der Waals surface area contributed by atoms with Crippen molar-refractivity contribution < 1.29 is 19.0 Å². The Kier molecular flexibility index (Phi) is 7.06. The first-order valence-corrected chi connectivity index (χ1v) is 9.69. The average Bonchev–Trinajstić information content (AvgIpc) is 2.68. The minimum absolute atomic E-state index is 0.0346. The molecule has 0 saturated carbocycles. The van der Waals surface area contributed by atoms with E-state index in [4.69, 9.17) is 25.8 Å². The van der Waals surface area contributed by atoms with Crippen LogP contribution < -0.4 is 14.8 Å². The van der Waals surface area contributed by atoms with E-state index < -0.39 is 0 Å². The van der Waals surface area contributed by atoms with Crippen LogP contribution in [0.4, 0.5) is 0 Å². The van der Waals surface area contributed by atoms with Crippen LogP contribution in [0.15, 0.2) is 30.6 Å². The van der Waals surface area contributed by atoms with Gasteiger partial charge in [-0.25, -0.2) is 9.97 Å². The minimum atomic E-state index is -0.268. The number of carbonyl (C=O) groups excluding carboxylic acids is 1. The van der Waals surface area contributed by atoms with Crippen molar-refractivity contribution in [2.75, 3.05) is 13.2 Å². The molecule has 2 aromatic rings. The van der Waals surface area contributed by atoms with Gasteiger partial charge in [-0.3, -0.25) is 4.79 Å². The Labute approximate surface area is 169 Å². The van der Waals surface area contributed by atoms with E-state index in [-0.39, 0.29) is 18.1 Å². The van der Waals surface area contributed by atoms with E-state index in [1.54, 1.807) is 18.3 Å². The van der Waals surface area contributed by atoms with E-state index >= 15 is 0 Å².